The first kappa shape index (κ1) is 21.0. The predicted octanol–water partition coefficient (Wildman–Crippen LogP) is 4.80. The fourth-order valence-electron chi connectivity index (χ4n) is 4.78. The van der Waals surface area contributed by atoms with E-state index in [9.17, 15) is 13.6 Å². The van der Waals surface area contributed by atoms with E-state index in [1.807, 2.05) is 22.8 Å². The first-order valence-electron chi connectivity index (χ1n) is 10.7. The SMILES string of the molecule is CN1C(=O)c2cccc(OC(F)F)c2C2CC1c1nc3ccc(C#CCCCC#N)cc3n12. The number of nitriles is 1. The van der Waals surface area contributed by atoms with Crippen molar-refractivity contribution in [2.24, 2.45) is 0 Å². The van der Waals surface area contributed by atoms with Gasteiger partial charge in [-0.05, 0) is 36.8 Å². The van der Waals surface area contributed by atoms with Crippen LogP contribution < -0.4 is 4.74 Å². The molecule has 0 aliphatic carbocycles. The monoisotopic (exact) mass is 446 g/mol. The van der Waals surface area contributed by atoms with Gasteiger partial charge in [0, 0.05) is 43.0 Å². The quantitative estimate of drug-likeness (QED) is 0.426. The summed E-state index contributed by atoms with van der Waals surface area (Å²) in [6, 6.07) is 11.9. The smallest absolute Gasteiger partial charge is 0.387 e. The fraction of sp³-hybridized carbons (Fsp3) is 0.320. The molecule has 3 aromatic rings. The molecule has 0 fully saturated rings. The van der Waals surface area contributed by atoms with Crippen LogP contribution in [0.1, 0.15) is 65.1 Å². The summed E-state index contributed by atoms with van der Waals surface area (Å²) in [5.74, 6) is 6.72. The molecule has 2 unspecified atom stereocenters. The van der Waals surface area contributed by atoms with Crippen LogP contribution in [0.4, 0.5) is 8.78 Å². The second-order valence-corrected chi connectivity index (χ2v) is 8.14. The molecule has 2 bridgehead atoms. The van der Waals surface area contributed by atoms with Crippen molar-refractivity contribution in [2.45, 2.75) is 44.4 Å². The van der Waals surface area contributed by atoms with Gasteiger partial charge in [0.05, 0.1) is 29.2 Å². The topological polar surface area (TPSA) is 71.2 Å². The Morgan fingerprint density at radius 1 is 1.24 bits per heavy atom. The summed E-state index contributed by atoms with van der Waals surface area (Å²) in [7, 11) is 1.72. The van der Waals surface area contributed by atoms with E-state index in [0.29, 0.717) is 30.4 Å². The van der Waals surface area contributed by atoms with Crippen LogP contribution in [-0.4, -0.2) is 34.0 Å². The van der Waals surface area contributed by atoms with Gasteiger partial charge < -0.3 is 14.2 Å². The lowest BCUT2D eigenvalue weighted by atomic mass is 9.97. The van der Waals surface area contributed by atoms with Gasteiger partial charge in [-0.15, -0.1) is 0 Å². The molecule has 33 heavy (non-hydrogen) atoms. The zero-order valence-corrected chi connectivity index (χ0v) is 17.9. The summed E-state index contributed by atoms with van der Waals surface area (Å²) in [6.45, 7) is -2.99. The van der Waals surface area contributed by atoms with E-state index >= 15 is 0 Å². The first-order chi connectivity index (χ1) is 16.0. The lowest BCUT2D eigenvalue weighted by Gasteiger charge is -2.24. The minimum Gasteiger partial charge on any atom is -0.434 e. The molecule has 3 heterocycles. The molecule has 1 amide bonds. The number of benzene rings is 2. The molecular weight excluding hydrogens is 426 g/mol. The molecule has 0 N–H and O–H groups in total. The number of hydrogen-bond donors (Lipinski definition) is 0. The maximum Gasteiger partial charge on any atom is 0.387 e. The van der Waals surface area contributed by atoms with Crippen molar-refractivity contribution < 1.29 is 18.3 Å². The Bertz CT molecular complexity index is 1360. The molecule has 2 atom stereocenters. The van der Waals surface area contributed by atoms with Crippen LogP contribution in [0.3, 0.4) is 0 Å². The molecule has 1 aromatic heterocycles. The van der Waals surface area contributed by atoms with Crippen molar-refractivity contribution in [1.29, 1.82) is 5.26 Å². The summed E-state index contributed by atoms with van der Waals surface area (Å²) < 4.78 is 33.2. The van der Waals surface area contributed by atoms with E-state index in [1.54, 1.807) is 24.1 Å². The lowest BCUT2D eigenvalue weighted by molar-refractivity contribution is -0.0507. The third-order valence-electron chi connectivity index (χ3n) is 6.23. The number of ether oxygens (including phenoxy) is 1. The zero-order chi connectivity index (χ0) is 23.1. The highest BCUT2D eigenvalue weighted by Crippen LogP contribution is 2.49. The number of imidazole rings is 1. The second-order valence-electron chi connectivity index (χ2n) is 8.14. The summed E-state index contributed by atoms with van der Waals surface area (Å²) >= 11 is 0. The molecule has 2 aromatic carbocycles. The summed E-state index contributed by atoms with van der Waals surface area (Å²) in [5.41, 5.74) is 3.23. The Morgan fingerprint density at radius 3 is 2.88 bits per heavy atom. The van der Waals surface area contributed by atoms with Gasteiger partial charge in [0.25, 0.3) is 5.91 Å². The molecule has 2 aliphatic rings. The van der Waals surface area contributed by atoms with Gasteiger partial charge in [0.15, 0.2) is 0 Å². The van der Waals surface area contributed by atoms with Gasteiger partial charge in [0.2, 0.25) is 0 Å². The number of nitrogens with zero attached hydrogens (tertiary/aromatic N) is 4. The Morgan fingerprint density at radius 2 is 2.09 bits per heavy atom. The van der Waals surface area contributed by atoms with Gasteiger partial charge in [-0.1, -0.05) is 17.9 Å². The number of amides is 1. The molecule has 0 saturated carbocycles. The third-order valence-corrected chi connectivity index (χ3v) is 6.23. The molecule has 166 valence electrons. The number of carbonyl (C=O) groups excluding carboxylic acids is 1. The fourth-order valence-corrected chi connectivity index (χ4v) is 4.78. The Labute approximate surface area is 189 Å². The Balaban J connectivity index is 1.64. The van der Waals surface area contributed by atoms with Crippen molar-refractivity contribution in [3.63, 3.8) is 0 Å². The number of halogens is 2. The van der Waals surface area contributed by atoms with Crippen LogP contribution in [-0.2, 0) is 0 Å². The van der Waals surface area contributed by atoms with Crippen molar-refractivity contribution >= 4 is 16.9 Å². The van der Waals surface area contributed by atoms with E-state index in [1.165, 1.54) is 6.07 Å². The van der Waals surface area contributed by atoms with Crippen LogP contribution >= 0.6 is 0 Å². The highest BCUT2D eigenvalue weighted by Gasteiger charge is 2.44. The Hall–Kier alpha value is -3.91. The first-order valence-corrected chi connectivity index (χ1v) is 10.7. The van der Waals surface area contributed by atoms with Crippen LogP contribution in [0.2, 0.25) is 0 Å². The number of alkyl halides is 2. The molecule has 0 spiro atoms. The summed E-state index contributed by atoms with van der Waals surface area (Å²) in [5, 5.41) is 8.65. The molecule has 0 radical (unpaired) electrons. The number of rotatable bonds is 4. The number of aromatic nitrogens is 2. The van der Waals surface area contributed by atoms with E-state index in [0.717, 1.165) is 28.8 Å². The molecule has 6 nitrogen and oxygen atoms in total. The van der Waals surface area contributed by atoms with Crippen LogP contribution in [0.25, 0.3) is 11.0 Å². The normalized spacial score (nSPS) is 18.4. The molecule has 5 rings (SSSR count). The van der Waals surface area contributed by atoms with Crippen molar-refractivity contribution in [3.8, 4) is 23.7 Å². The third kappa shape index (κ3) is 3.48. The average Bonchev–Trinajstić information content (AvgIpc) is 3.31. The zero-order valence-electron chi connectivity index (χ0n) is 17.9. The van der Waals surface area contributed by atoms with Crippen molar-refractivity contribution in [1.82, 2.24) is 14.5 Å². The van der Waals surface area contributed by atoms with Crippen LogP contribution in [0, 0.1) is 23.2 Å². The average molecular weight is 446 g/mol. The van der Waals surface area contributed by atoms with Crippen LogP contribution in [0.15, 0.2) is 36.4 Å². The van der Waals surface area contributed by atoms with Gasteiger partial charge in [-0.25, -0.2) is 4.98 Å². The maximum absolute atomic E-state index is 13.2. The van der Waals surface area contributed by atoms with E-state index in [4.69, 9.17) is 15.0 Å². The highest BCUT2D eigenvalue weighted by molar-refractivity contribution is 5.97. The maximum atomic E-state index is 13.2. The lowest BCUT2D eigenvalue weighted by Crippen LogP contribution is -2.30. The minimum absolute atomic E-state index is 0.0121. The number of fused-ring (bicyclic) bond motifs is 9. The largest absolute Gasteiger partial charge is 0.434 e. The molecule has 2 aliphatic heterocycles. The van der Waals surface area contributed by atoms with E-state index in [2.05, 4.69) is 17.9 Å². The summed E-state index contributed by atoms with van der Waals surface area (Å²) in [6.07, 6.45) is 2.36. The van der Waals surface area contributed by atoms with Gasteiger partial charge in [-0.3, -0.25) is 4.79 Å². The number of unbranched alkanes of at least 4 members (excludes halogenated alkanes) is 2. The number of hydrogen-bond acceptors (Lipinski definition) is 4. The van der Waals surface area contributed by atoms with Gasteiger partial charge >= 0.3 is 6.61 Å². The minimum atomic E-state index is -2.99. The van der Waals surface area contributed by atoms with Gasteiger partial charge in [0.1, 0.15) is 11.6 Å². The predicted molar refractivity (Wildman–Crippen MR) is 117 cm³/mol. The highest BCUT2D eigenvalue weighted by atomic mass is 19.3. The Kier molecular flexibility index (Phi) is 5.22. The van der Waals surface area contributed by atoms with Crippen molar-refractivity contribution in [2.75, 3.05) is 7.05 Å². The second kappa shape index (κ2) is 8.22. The van der Waals surface area contributed by atoms with Crippen LogP contribution in [0.5, 0.6) is 5.75 Å². The molecule has 8 heteroatoms. The van der Waals surface area contributed by atoms with E-state index in [-0.39, 0.29) is 23.7 Å². The van der Waals surface area contributed by atoms with Gasteiger partial charge in [-0.2, -0.15) is 14.0 Å². The molecule has 0 saturated heterocycles. The van der Waals surface area contributed by atoms with E-state index < -0.39 is 6.61 Å². The summed E-state index contributed by atoms with van der Waals surface area (Å²) in [4.78, 5) is 19.6. The number of carbonyl (C=O) groups is 1. The standard InChI is InChI=1S/C25H20F2N4O2/c1-30-20-14-19(22-16(24(30)32)8-6-9-21(22)33-25(26)27)31-18-13-15(7-4-2-3-5-12-28)10-11-17(18)29-23(20)31/h6,8-11,13,19-20,25H,2-3,5,14H2,1H3. The molecular formula is C25H20F2N4O2. The van der Waals surface area contributed by atoms with Crippen molar-refractivity contribution in [3.05, 3.63) is 58.9 Å².